The third-order valence-corrected chi connectivity index (χ3v) is 4.48. The molecule has 0 fully saturated rings. The third-order valence-electron chi connectivity index (χ3n) is 3.22. The number of hydrogen-bond donors (Lipinski definition) is 2. The molecule has 0 aliphatic carbocycles. The van der Waals surface area contributed by atoms with E-state index in [-0.39, 0.29) is 10.9 Å². The van der Waals surface area contributed by atoms with Gasteiger partial charge in [0, 0.05) is 23.9 Å². The van der Waals surface area contributed by atoms with Crippen molar-refractivity contribution in [3.8, 4) is 0 Å². The van der Waals surface area contributed by atoms with E-state index in [9.17, 15) is 12.8 Å². The summed E-state index contributed by atoms with van der Waals surface area (Å²) in [6.07, 6.45) is 1.97. The molecule has 8 heteroatoms. The van der Waals surface area contributed by atoms with Crippen molar-refractivity contribution in [2.45, 2.75) is 6.42 Å². The summed E-state index contributed by atoms with van der Waals surface area (Å²) in [5.41, 5.74) is 1.77. The van der Waals surface area contributed by atoms with E-state index in [0.29, 0.717) is 17.8 Å². The van der Waals surface area contributed by atoms with Crippen molar-refractivity contribution >= 4 is 33.3 Å². The van der Waals surface area contributed by atoms with Gasteiger partial charge in [-0.1, -0.05) is 41.9 Å². The minimum atomic E-state index is -3.85. The van der Waals surface area contributed by atoms with Crippen molar-refractivity contribution in [2.24, 2.45) is 4.40 Å². The summed E-state index contributed by atoms with van der Waals surface area (Å²) in [5.74, 6) is -0.506. The Morgan fingerprint density at radius 1 is 1.17 bits per heavy atom. The molecule has 1 heterocycles. The molecule has 0 unspecified atom stereocenters. The molecule has 124 valence electrons. The second-order valence-corrected chi connectivity index (χ2v) is 6.88. The molecule has 24 heavy (non-hydrogen) atoms. The van der Waals surface area contributed by atoms with E-state index in [4.69, 9.17) is 11.6 Å². The van der Waals surface area contributed by atoms with Gasteiger partial charge in [-0.3, -0.25) is 4.72 Å². The van der Waals surface area contributed by atoms with Crippen LogP contribution in [0.25, 0.3) is 0 Å². The van der Waals surface area contributed by atoms with Gasteiger partial charge in [0.25, 0.3) is 0 Å². The maximum absolute atomic E-state index is 13.5. The van der Waals surface area contributed by atoms with Crippen molar-refractivity contribution in [2.75, 3.05) is 5.32 Å². The van der Waals surface area contributed by atoms with E-state index in [0.717, 1.165) is 5.56 Å². The van der Waals surface area contributed by atoms with Gasteiger partial charge >= 0.3 is 10.2 Å². The average Bonchev–Trinajstić information content (AvgIpc) is 2.50. The smallest absolute Gasteiger partial charge is 0.339 e. The first kappa shape index (κ1) is 16.5. The van der Waals surface area contributed by atoms with Gasteiger partial charge < -0.3 is 5.32 Å². The Bertz CT molecular complexity index is 928. The number of amidine groups is 1. The van der Waals surface area contributed by atoms with Crippen molar-refractivity contribution in [3.63, 3.8) is 0 Å². The Hall–Kier alpha value is -2.38. The molecule has 5 nitrogen and oxygen atoms in total. The van der Waals surface area contributed by atoms with Crippen LogP contribution in [0.5, 0.6) is 0 Å². The Morgan fingerprint density at radius 3 is 2.62 bits per heavy atom. The highest BCUT2D eigenvalue weighted by molar-refractivity contribution is 7.88. The second kappa shape index (κ2) is 6.62. The molecule has 0 aromatic heterocycles. The minimum Gasteiger partial charge on any atom is -0.339 e. The van der Waals surface area contributed by atoms with Crippen LogP contribution in [0, 0.1) is 5.82 Å². The Kier molecular flexibility index (Phi) is 4.55. The van der Waals surface area contributed by atoms with E-state index in [2.05, 4.69) is 14.4 Å². The summed E-state index contributed by atoms with van der Waals surface area (Å²) in [6.45, 7) is 0. The molecular weight excluding hydrogens is 353 g/mol. The van der Waals surface area contributed by atoms with Gasteiger partial charge in [-0.15, -0.1) is 4.40 Å². The van der Waals surface area contributed by atoms with Gasteiger partial charge in [-0.2, -0.15) is 8.42 Å². The summed E-state index contributed by atoms with van der Waals surface area (Å²) in [5, 5.41) is 2.76. The topological polar surface area (TPSA) is 70.6 Å². The number of hydrogen-bond acceptors (Lipinski definition) is 3. The highest BCUT2D eigenvalue weighted by Crippen LogP contribution is 2.20. The predicted molar refractivity (Wildman–Crippen MR) is 92.8 cm³/mol. The van der Waals surface area contributed by atoms with Crippen LogP contribution in [-0.4, -0.2) is 14.3 Å². The van der Waals surface area contributed by atoms with Gasteiger partial charge in [0.1, 0.15) is 11.7 Å². The first-order chi connectivity index (χ1) is 11.4. The highest BCUT2D eigenvalue weighted by Gasteiger charge is 2.18. The van der Waals surface area contributed by atoms with Gasteiger partial charge in [0.2, 0.25) is 0 Å². The Balaban J connectivity index is 1.85. The van der Waals surface area contributed by atoms with E-state index in [1.807, 2.05) is 30.3 Å². The van der Waals surface area contributed by atoms with Crippen LogP contribution in [0.15, 0.2) is 64.7 Å². The lowest BCUT2D eigenvalue weighted by atomic mass is 10.1. The quantitative estimate of drug-likeness (QED) is 0.877. The fourth-order valence-corrected chi connectivity index (χ4v) is 3.21. The lowest BCUT2D eigenvalue weighted by Gasteiger charge is -2.16. The number of anilines is 1. The minimum absolute atomic E-state index is 0.0132. The third kappa shape index (κ3) is 4.12. The number of rotatable bonds is 3. The van der Waals surface area contributed by atoms with Crippen LogP contribution in [0.3, 0.4) is 0 Å². The number of allylic oxidation sites excluding steroid dienone is 1. The molecule has 1 aliphatic rings. The molecule has 0 atom stereocenters. The molecule has 2 aromatic rings. The van der Waals surface area contributed by atoms with Gasteiger partial charge in [-0.05, 0) is 23.8 Å². The maximum atomic E-state index is 13.5. The molecule has 0 saturated carbocycles. The maximum Gasteiger partial charge on any atom is 0.343 e. The van der Waals surface area contributed by atoms with E-state index in [1.165, 1.54) is 18.2 Å². The van der Waals surface area contributed by atoms with Gasteiger partial charge in [0.05, 0.1) is 5.02 Å². The van der Waals surface area contributed by atoms with Crippen LogP contribution in [0.2, 0.25) is 5.02 Å². The SMILES string of the molecule is O=S1(=O)N=C(Nc2ccc(Cl)c(F)c2)C=C(Cc2ccccc2)N1. The molecule has 0 saturated heterocycles. The average molecular weight is 366 g/mol. The first-order valence-corrected chi connectivity index (χ1v) is 8.82. The van der Waals surface area contributed by atoms with Crippen molar-refractivity contribution in [1.82, 2.24) is 4.72 Å². The normalized spacial score (nSPS) is 15.9. The molecular formula is C16H13ClFN3O2S. The van der Waals surface area contributed by atoms with E-state index >= 15 is 0 Å². The zero-order valence-corrected chi connectivity index (χ0v) is 13.9. The van der Waals surface area contributed by atoms with Crippen molar-refractivity contribution < 1.29 is 12.8 Å². The Morgan fingerprint density at radius 2 is 1.92 bits per heavy atom. The van der Waals surface area contributed by atoms with Gasteiger partial charge in [0.15, 0.2) is 0 Å². The predicted octanol–water partition coefficient (Wildman–Crippen LogP) is 3.26. The molecule has 0 bridgehead atoms. The summed E-state index contributed by atoms with van der Waals surface area (Å²) >= 11 is 5.63. The number of nitrogens with zero attached hydrogens (tertiary/aromatic N) is 1. The molecule has 2 aromatic carbocycles. The van der Waals surface area contributed by atoms with Crippen LogP contribution in [0.4, 0.5) is 10.1 Å². The van der Waals surface area contributed by atoms with Crippen LogP contribution < -0.4 is 10.0 Å². The fraction of sp³-hybridized carbons (Fsp3) is 0.0625. The lowest BCUT2D eigenvalue weighted by Crippen LogP contribution is -2.30. The fourth-order valence-electron chi connectivity index (χ4n) is 2.22. The molecule has 0 spiro atoms. The van der Waals surface area contributed by atoms with Crippen LogP contribution >= 0.6 is 11.6 Å². The van der Waals surface area contributed by atoms with Crippen molar-refractivity contribution in [1.29, 1.82) is 0 Å². The second-order valence-electron chi connectivity index (χ2n) is 5.14. The van der Waals surface area contributed by atoms with Crippen molar-refractivity contribution in [3.05, 3.63) is 76.7 Å². The highest BCUT2D eigenvalue weighted by atomic mass is 35.5. The van der Waals surface area contributed by atoms with Gasteiger partial charge in [-0.25, -0.2) is 4.39 Å². The lowest BCUT2D eigenvalue weighted by molar-refractivity contribution is 0.589. The monoisotopic (exact) mass is 365 g/mol. The molecule has 0 amide bonds. The molecule has 2 N–H and O–H groups in total. The summed E-state index contributed by atoms with van der Waals surface area (Å²) in [6, 6.07) is 13.5. The number of benzene rings is 2. The largest absolute Gasteiger partial charge is 0.343 e. The first-order valence-electron chi connectivity index (χ1n) is 7.00. The molecule has 0 radical (unpaired) electrons. The van der Waals surface area contributed by atoms with Crippen LogP contribution in [0.1, 0.15) is 5.56 Å². The molecule has 3 rings (SSSR count). The summed E-state index contributed by atoms with van der Waals surface area (Å²) < 4.78 is 43.3. The zero-order valence-electron chi connectivity index (χ0n) is 12.3. The zero-order chi connectivity index (χ0) is 17.2. The molecule has 1 aliphatic heterocycles. The van der Waals surface area contributed by atoms with Crippen LogP contribution in [-0.2, 0) is 16.6 Å². The Labute approximate surface area is 144 Å². The number of halogens is 2. The summed E-state index contributed by atoms with van der Waals surface area (Å²) in [4.78, 5) is 0. The summed E-state index contributed by atoms with van der Waals surface area (Å²) in [7, 11) is -3.85. The standard InChI is InChI=1S/C16H13ClFN3O2S/c17-14-7-6-12(9-15(14)18)19-16-10-13(20-24(22,23)21-16)8-11-4-2-1-3-5-11/h1-7,9-10,20H,8H2,(H,19,21). The number of nitrogens with one attached hydrogen (secondary N) is 2. The van der Waals surface area contributed by atoms with E-state index in [1.54, 1.807) is 6.08 Å². The van der Waals surface area contributed by atoms with E-state index < -0.39 is 16.0 Å².